The summed E-state index contributed by atoms with van der Waals surface area (Å²) in [4.78, 5) is 17.4. The first-order valence-corrected chi connectivity index (χ1v) is 10.9. The average molecular weight is 423 g/mol. The molecule has 1 fully saturated rings. The van der Waals surface area contributed by atoms with Gasteiger partial charge < -0.3 is 14.4 Å². The second-order valence-electron chi connectivity index (χ2n) is 7.46. The molecule has 4 rings (SSSR count). The Morgan fingerprint density at radius 1 is 1.13 bits per heavy atom. The lowest BCUT2D eigenvalue weighted by molar-refractivity contribution is -0.134. The lowest BCUT2D eigenvalue weighted by Gasteiger charge is -2.41. The van der Waals surface area contributed by atoms with Crippen LogP contribution in [0.2, 0.25) is 0 Å². The van der Waals surface area contributed by atoms with Crippen LogP contribution in [0.1, 0.15) is 12.5 Å². The van der Waals surface area contributed by atoms with Crippen LogP contribution >= 0.6 is 0 Å². The third kappa shape index (κ3) is 3.76. The van der Waals surface area contributed by atoms with E-state index in [1.807, 2.05) is 40.7 Å². The molecule has 1 atom stereocenters. The number of amides is 1. The van der Waals surface area contributed by atoms with E-state index in [1.165, 1.54) is 0 Å². The molecule has 1 aliphatic heterocycles. The number of thiol groups is 1. The number of carbonyl (C=O) groups excluding carboxylic acids is 1. The van der Waals surface area contributed by atoms with Crippen molar-refractivity contribution in [2.24, 2.45) is 0 Å². The van der Waals surface area contributed by atoms with Crippen molar-refractivity contribution >= 4 is 33.2 Å². The highest BCUT2D eigenvalue weighted by atomic mass is 32.2. The van der Waals surface area contributed by atoms with E-state index in [-0.39, 0.29) is 18.5 Å². The number of anilines is 1. The van der Waals surface area contributed by atoms with Gasteiger partial charge in [0.15, 0.2) is 10.7 Å². The topological polar surface area (TPSA) is 86.4 Å². The summed E-state index contributed by atoms with van der Waals surface area (Å²) in [6.45, 7) is 4.14. The largest absolute Gasteiger partial charge is 0.368 e. The second kappa shape index (κ2) is 8.20. The van der Waals surface area contributed by atoms with Gasteiger partial charge in [-0.05, 0) is 37.3 Å². The molecule has 0 radical (unpaired) electrons. The van der Waals surface area contributed by atoms with Crippen LogP contribution in [0.5, 0.6) is 0 Å². The maximum Gasteiger partial charge on any atom is 0.242 e. The Bertz CT molecular complexity index is 1200. The van der Waals surface area contributed by atoms with Gasteiger partial charge in [0, 0.05) is 48.5 Å². The molecule has 1 amide bonds. The van der Waals surface area contributed by atoms with Gasteiger partial charge >= 0.3 is 0 Å². The van der Waals surface area contributed by atoms with Crippen molar-refractivity contribution in [3.63, 3.8) is 0 Å². The zero-order valence-electron chi connectivity index (χ0n) is 16.6. The number of nitrogens with zero attached hydrogens (tertiary/aromatic N) is 4. The number of carbonyl (C=O) groups is 1. The Morgan fingerprint density at radius 2 is 1.87 bits per heavy atom. The molecular formula is C22H22N4O3S. The molecule has 3 aromatic rings. The van der Waals surface area contributed by atoms with Gasteiger partial charge in [-0.25, -0.2) is 8.42 Å². The van der Waals surface area contributed by atoms with Gasteiger partial charge in [-0.1, -0.05) is 18.2 Å². The van der Waals surface area contributed by atoms with Crippen molar-refractivity contribution in [2.75, 3.05) is 24.5 Å². The fraction of sp³-hybridized carbons (Fsp3) is 0.273. The van der Waals surface area contributed by atoms with Crippen LogP contribution in [-0.4, -0.2) is 49.5 Å². The summed E-state index contributed by atoms with van der Waals surface area (Å²) in [7, 11) is -2.58. The second-order valence-corrected chi connectivity index (χ2v) is 8.49. The van der Waals surface area contributed by atoms with E-state index < -0.39 is 10.7 Å². The zero-order chi connectivity index (χ0) is 21.3. The van der Waals surface area contributed by atoms with Crippen molar-refractivity contribution in [2.45, 2.75) is 24.4 Å². The Kier molecular flexibility index (Phi) is 5.46. The zero-order valence-corrected chi connectivity index (χ0v) is 17.5. The van der Waals surface area contributed by atoms with Gasteiger partial charge in [0.25, 0.3) is 0 Å². The average Bonchev–Trinajstić information content (AvgIpc) is 3.11. The molecule has 1 aliphatic rings. The quantitative estimate of drug-likeness (QED) is 0.652. The van der Waals surface area contributed by atoms with Gasteiger partial charge in [0.2, 0.25) is 5.91 Å². The standard InChI is InChI=1S/C22H22N4O3S/c1-16-13-24(18-6-8-19(9-7-18)30(28)29)10-11-26(16)22(27)15-25-14-17(12-23)20-4-2-3-5-21(20)25/h2-9,14,16,30H,10-11,13,15H2,1H3. The Morgan fingerprint density at radius 3 is 2.53 bits per heavy atom. The first-order chi connectivity index (χ1) is 14.5. The lowest BCUT2D eigenvalue weighted by atomic mass is 10.1. The number of para-hydroxylation sites is 1. The van der Waals surface area contributed by atoms with Crippen LogP contribution in [0, 0.1) is 11.3 Å². The minimum atomic E-state index is -2.58. The molecule has 8 heteroatoms. The van der Waals surface area contributed by atoms with Crippen LogP contribution in [0.15, 0.2) is 59.6 Å². The first kappa shape index (κ1) is 20.0. The minimum absolute atomic E-state index is 0.0133. The van der Waals surface area contributed by atoms with Gasteiger partial charge in [0.1, 0.15) is 12.6 Å². The van der Waals surface area contributed by atoms with E-state index in [0.29, 0.717) is 30.1 Å². The maximum atomic E-state index is 13.0. The number of nitriles is 1. The Hall–Kier alpha value is -3.31. The number of fused-ring (bicyclic) bond motifs is 1. The number of hydrogen-bond donors (Lipinski definition) is 1. The molecule has 2 heterocycles. The molecule has 7 nitrogen and oxygen atoms in total. The third-order valence-electron chi connectivity index (χ3n) is 5.59. The smallest absolute Gasteiger partial charge is 0.242 e. The van der Waals surface area contributed by atoms with Gasteiger partial charge in [-0.15, -0.1) is 0 Å². The summed E-state index contributed by atoms with van der Waals surface area (Å²) in [6, 6.07) is 16.6. The molecule has 30 heavy (non-hydrogen) atoms. The van der Waals surface area contributed by atoms with E-state index in [9.17, 15) is 18.5 Å². The van der Waals surface area contributed by atoms with Crippen molar-refractivity contribution in [1.29, 1.82) is 5.26 Å². The van der Waals surface area contributed by atoms with E-state index in [0.717, 1.165) is 16.6 Å². The summed E-state index contributed by atoms with van der Waals surface area (Å²) < 4.78 is 24.0. The van der Waals surface area contributed by atoms with Crippen LogP contribution in [0.4, 0.5) is 5.69 Å². The molecule has 0 aliphatic carbocycles. The number of piperazine rings is 1. The minimum Gasteiger partial charge on any atom is -0.368 e. The van der Waals surface area contributed by atoms with Crippen LogP contribution < -0.4 is 4.90 Å². The van der Waals surface area contributed by atoms with Crippen LogP contribution in [0.3, 0.4) is 0 Å². The van der Waals surface area contributed by atoms with Crippen molar-refractivity contribution in [3.05, 3.63) is 60.3 Å². The predicted molar refractivity (Wildman–Crippen MR) is 115 cm³/mol. The van der Waals surface area contributed by atoms with Crippen LogP contribution in [0.25, 0.3) is 10.9 Å². The Labute approximate surface area is 176 Å². The summed E-state index contributed by atoms with van der Waals surface area (Å²) >= 11 is 0. The highest BCUT2D eigenvalue weighted by Crippen LogP contribution is 2.23. The van der Waals surface area contributed by atoms with E-state index in [4.69, 9.17) is 0 Å². The van der Waals surface area contributed by atoms with E-state index in [1.54, 1.807) is 30.5 Å². The molecular weight excluding hydrogens is 400 g/mol. The molecule has 1 aromatic heterocycles. The summed E-state index contributed by atoms with van der Waals surface area (Å²) in [5.74, 6) is 0.0195. The monoisotopic (exact) mass is 422 g/mol. The highest BCUT2D eigenvalue weighted by Gasteiger charge is 2.28. The molecule has 154 valence electrons. The van der Waals surface area contributed by atoms with Crippen LogP contribution in [-0.2, 0) is 22.0 Å². The lowest BCUT2D eigenvalue weighted by Crippen LogP contribution is -2.54. The number of benzene rings is 2. The van der Waals surface area contributed by atoms with E-state index >= 15 is 0 Å². The Balaban J connectivity index is 1.46. The SMILES string of the molecule is CC1CN(c2ccc([SH](=O)=O)cc2)CCN1C(=O)Cn1cc(C#N)c2ccccc21. The molecule has 1 unspecified atom stereocenters. The van der Waals surface area contributed by atoms with Gasteiger partial charge in [0.05, 0.1) is 10.5 Å². The molecule has 0 bridgehead atoms. The summed E-state index contributed by atoms with van der Waals surface area (Å²) in [5, 5.41) is 10.2. The predicted octanol–water partition coefficient (Wildman–Crippen LogP) is 2.22. The molecule has 1 saturated heterocycles. The van der Waals surface area contributed by atoms with Gasteiger partial charge in [-0.2, -0.15) is 5.26 Å². The molecule has 0 saturated carbocycles. The first-order valence-electron chi connectivity index (χ1n) is 9.75. The van der Waals surface area contributed by atoms with Crippen molar-refractivity contribution in [3.8, 4) is 6.07 Å². The molecule has 2 aromatic carbocycles. The summed E-state index contributed by atoms with van der Waals surface area (Å²) in [5.41, 5.74) is 2.40. The van der Waals surface area contributed by atoms with Crippen molar-refractivity contribution in [1.82, 2.24) is 9.47 Å². The number of aromatic nitrogens is 1. The number of rotatable bonds is 4. The maximum absolute atomic E-state index is 13.0. The molecule has 0 spiro atoms. The van der Waals surface area contributed by atoms with Gasteiger partial charge in [-0.3, -0.25) is 4.79 Å². The van der Waals surface area contributed by atoms with Crippen molar-refractivity contribution < 1.29 is 13.2 Å². The molecule has 0 N–H and O–H groups in total. The highest BCUT2D eigenvalue weighted by molar-refractivity contribution is 7.72. The fourth-order valence-corrected chi connectivity index (χ4v) is 4.44. The third-order valence-corrected chi connectivity index (χ3v) is 6.31. The summed E-state index contributed by atoms with van der Waals surface area (Å²) in [6.07, 6.45) is 1.74. The van der Waals surface area contributed by atoms with E-state index in [2.05, 4.69) is 11.0 Å². The fourth-order valence-electron chi connectivity index (χ4n) is 4.05. The number of hydrogen-bond acceptors (Lipinski definition) is 5. The normalized spacial score (nSPS) is 16.8.